The number of hydrogen-bond acceptors (Lipinski definition) is 4. The number of nitrogens with zero attached hydrogens (tertiary/aromatic N) is 1. The van der Waals surface area contributed by atoms with Crippen molar-refractivity contribution in [3.05, 3.63) is 47.0 Å². The number of fused-ring (bicyclic) bond motifs is 3. The molecule has 1 amide bonds. The van der Waals surface area contributed by atoms with Crippen molar-refractivity contribution in [1.82, 2.24) is 4.90 Å². The van der Waals surface area contributed by atoms with Gasteiger partial charge in [-0.25, -0.2) is 4.79 Å². The maximum Gasteiger partial charge on any atom is 0.410 e. The molecule has 2 saturated heterocycles. The lowest BCUT2D eigenvalue weighted by atomic mass is 9.58. The van der Waals surface area contributed by atoms with Gasteiger partial charge in [-0.05, 0) is 105 Å². The molecule has 226 valence electrons. The van der Waals surface area contributed by atoms with Gasteiger partial charge < -0.3 is 19.5 Å². The van der Waals surface area contributed by atoms with Crippen molar-refractivity contribution in [2.24, 2.45) is 35.0 Å². The number of amides is 1. The average molecular weight is 564 g/mol. The molecule has 1 aromatic carbocycles. The number of likely N-dealkylation sites (tertiary alicyclic amines) is 1. The van der Waals surface area contributed by atoms with Crippen molar-refractivity contribution in [1.29, 1.82) is 0 Å². The number of carbonyl (C=O) groups excluding carboxylic acids is 1. The largest absolute Gasteiger partial charge is 0.445 e. The fraction of sp³-hybridized carbons (Fsp3) is 0.750. The Morgan fingerprint density at radius 1 is 1.07 bits per heavy atom. The first kappa shape index (κ1) is 29.2. The van der Waals surface area contributed by atoms with E-state index in [1.54, 1.807) is 5.57 Å². The van der Waals surface area contributed by atoms with Crippen LogP contribution < -0.4 is 0 Å². The summed E-state index contributed by atoms with van der Waals surface area (Å²) in [5.41, 5.74) is 4.15. The Bertz CT molecular complexity index is 1130. The Labute approximate surface area is 248 Å². The van der Waals surface area contributed by atoms with Gasteiger partial charge in [0.2, 0.25) is 0 Å². The Balaban J connectivity index is 1.27. The van der Waals surface area contributed by atoms with E-state index in [1.165, 1.54) is 31.3 Å². The van der Waals surface area contributed by atoms with Gasteiger partial charge in [0.15, 0.2) is 0 Å². The molecule has 1 aromatic rings. The zero-order chi connectivity index (χ0) is 28.9. The van der Waals surface area contributed by atoms with Crippen LogP contribution in [0.3, 0.4) is 0 Å². The summed E-state index contributed by atoms with van der Waals surface area (Å²) in [5, 5.41) is 10.5. The number of ether oxygens (including phenoxy) is 2. The molecular formula is C36H53NO4. The molecule has 5 aliphatic rings. The fourth-order valence-corrected chi connectivity index (χ4v) is 9.98. The van der Waals surface area contributed by atoms with E-state index in [4.69, 9.17) is 9.47 Å². The molecule has 0 bridgehead atoms. The van der Waals surface area contributed by atoms with Crippen molar-refractivity contribution >= 4 is 6.09 Å². The Hall–Kier alpha value is -1.85. The highest BCUT2D eigenvalue weighted by molar-refractivity contribution is 5.68. The van der Waals surface area contributed by atoms with Crippen molar-refractivity contribution in [3.63, 3.8) is 0 Å². The predicted molar refractivity (Wildman–Crippen MR) is 162 cm³/mol. The highest BCUT2D eigenvalue weighted by Crippen LogP contribution is 2.58. The number of aliphatic hydroxyl groups excluding tert-OH is 1. The summed E-state index contributed by atoms with van der Waals surface area (Å²) in [6.45, 7) is 13.0. The predicted octanol–water partition coefficient (Wildman–Crippen LogP) is 7.91. The first-order chi connectivity index (χ1) is 19.6. The van der Waals surface area contributed by atoms with Gasteiger partial charge in [0.05, 0.1) is 23.9 Å². The normalized spacial score (nSPS) is 42.9. The van der Waals surface area contributed by atoms with Crippen LogP contribution in [0.25, 0.3) is 0 Å². The molecule has 2 saturated carbocycles. The van der Waals surface area contributed by atoms with Gasteiger partial charge in [-0.1, -0.05) is 70.0 Å². The first-order valence-corrected chi connectivity index (χ1v) is 16.7. The van der Waals surface area contributed by atoms with Crippen LogP contribution in [0, 0.1) is 35.0 Å². The second kappa shape index (κ2) is 11.3. The molecule has 0 unspecified atom stereocenters. The van der Waals surface area contributed by atoms with Gasteiger partial charge in [0, 0.05) is 12.5 Å². The van der Waals surface area contributed by atoms with Gasteiger partial charge in [0.1, 0.15) is 6.61 Å². The second-order valence-corrected chi connectivity index (χ2v) is 14.9. The highest BCUT2D eigenvalue weighted by Gasteiger charge is 2.60. The molecule has 4 fully saturated rings. The lowest BCUT2D eigenvalue weighted by Crippen LogP contribution is -2.54. The van der Waals surface area contributed by atoms with E-state index in [0.29, 0.717) is 30.3 Å². The summed E-state index contributed by atoms with van der Waals surface area (Å²) in [5.74, 6) is 2.47. The molecule has 2 aliphatic heterocycles. The van der Waals surface area contributed by atoms with Crippen molar-refractivity contribution in [2.75, 3.05) is 6.54 Å². The van der Waals surface area contributed by atoms with E-state index in [9.17, 15) is 9.90 Å². The molecule has 10 atom stereocenters. The van der Waals surface area contributed by atoms with Crippen molar-refractivity contribution in [3.8, 4) is 0 Å². The summed E-state index contributed by atoms with van der Waals surface area (Å²) in [6, 6.07) is 10.0. The smallest absolute Gasteiger partial charge is 0.410 e. The third-order valence-electron chi connectivity index (χ3n) is 12.7. The number of aliphatic hydroxyl groups is 1. The van der Waals surface area contributed by atoms with Crippen LogP contribution in [-0.4, -0.2) is 46.5 Å². The number of carbonyl (C=O) groups is 1. The summed E-state index contributed by atoms with van der Waals surface area (Å²) in [7, 11) is 0. The average Bonchev–Trinajstić information content (AvgIpc) is 3.26. The number of piperidine rings is 1. The monoisotopic (exact) mass is 563 g/mol. The minimum Gasteiger partial charge on any atom is -0.445 e. The lowest BCUT2D eigenvalue weighted by Gasteiger charge is -2.48. The maximum atomic E-state index is 13.6. The summed E-state index contributed by atoms with van der Waals surface area (Å²) >= 11 is 0. The zero-order valence-electron chi connectivity index (χ0n) is 26.1. The highest BCUT2D eigenvalue weighted by atomic mass is 16.6. The SMILES string of the molecule is CC1=C2C[C@@H](C)[C@@]3(C)CC[C@H](O)C[C@H]3CCC[C@@H]2CC[C@]12O[C@@H]1C[C@H](C)CN(C(=O)OCc3ccccc3)[C@H]1[C@H]2C. The molecule has 5 heteroatoms. The lowest BCUT2D eigenvalue weighted by molar-refractivity contribution is -0.0638. The molecule has 1 spiro atoms. The molecule has 3 aliphatic carbocycles. The number of hydrogen-bond donors (Lipinski definition) is 1. The van der Waals surface area contributed by atoms with Gasteiger partial charge in [0.25, 0.3) is 0 Å². The van der Waals surface area contributed by atoms with E-state index in [0.717, 1.165) is 50.6 Å². The fourth-order valence-electron chi connectivity index (χ4n) is 9.98. The summed E-state index contributed by atoms with van der Waals surface area (Å²) in [6.07, 6.45) is 10.9. The Kier molecular flexibility index (Phi) is 8.08. The van der Waals surface area contributed by atoms with Gasteiger partial charge in [-0.3, -0.25) is 0 Å². The van der Waals surface area contributed by atoms with E-state index in [2.05, 4.69) is 34.6 Å². The topological polar surface area (TPSA) is 59.0 Å². The van der Waals surface area contributed by atoms with Gasteiger partial charge in [-0.2, -0.15) is 0 Å². The molecule has 0 aromatic heterocycles. The van der Waals surface area contributed by atoms with Crippen LogP contribution in [0.4, 0.5) is 4.79 Å². The van der Waals surface area contributed by atoms with Crippen LogP contribution in [0.1, 0.15) is 104 Å². The standard InChI is InChI=1S/C36H53NO4/c1-23-18-32-33(37(21-23)34(39)40-22-27-10-7-6-8-11-27)26(4)36(41-32)17-14-28-12-9-13-29-20-30(38)15-16-35(29,5)24(2)19-31(28)25(36)3/h6-8,10-11,23-24,26,28-30,32-33,38H,9,12-22H2,1-5H3/t23-,24+,26+,28+,29+,30-,32+,33-,35+,36-/m0/s1. The van der Waals surface area contributed by atoms with E-state index in [-0.39, 0.29) is 41.3 Å². The van der Waals surface area contributed by atoms with Crippen LogP contribution >= 0.6 is 0 Å². The summed E-state index contributed by atoms with van der Waals surface area (Å²) in [4.78, 5) is 15.6. The van der Waals surface area contributed by atoms with E-state index in [1.807, 2.05) is 35.2 Å². The van der Waals surface area contributed by atoms with Crippen molar-refractivity contribution in [2.45, 2.75) is 129 Å². The summed E-state index contributed by atoms with van der Waals surface area (Å²) < 4.78 is 13.1. The van der Waals surface area contributed by atoms with Crippen LogP contribution in [-0.2, 0) is 16.1 Å². The van der Waals surface area contributed by atoms with Gasteiger partial charge >= 0.3 is 6.09 Å². The second-order valence-electron chi connectivity index (χ2n) is 14.9. The number of rotatable bonds is 2. The number of allylic oxidation sites excluding steroid dienone is 1. The maximum absolute atomic E-state index is 13.6. The Morgan fingerprint density at radius 3 is 2.63 bits per heavy atom. The molecule has 5 nitrogen and oxygen atoms in total. The first-order valence-electron chi connectivity index (χ1n) is 16.7. The van der Waals surface area contributed by atoms with Gasteiger partial charge in [-0.15, -0.1) is 0 Å². The third-order valence-corrected chi connectivity index (χ3v) is 12.7. The Morgan fingerprint density at radius 2 is 1.85 bits per heavy atom. The molecule has 41 heavy (non-hydrogen) atoms. The van der Waals surface area contributed by atoms with Crippen LogP contribution in [0.5, 0.6) is 0 Å². The molecule has 6 rings (SSSR count). The quantitative estimate of drug-likeness (QED) is 0.372. The minimum absolute atomic E-state index is 0.0528. The zero-order valence-corrected chi connectivity index (χ0v) is 26.1. The molecule has 2 heterocycles. The third kappa shape index (κ3) is 5.18. The molecule has 1 N–H and O–H groups in total. The number of benzene rings is 1. The van der Waals surface area contributed by atoms with E-state index >= 15 is 0 Å². The van der Waals surface area contributed by atoms with E-state index < -0.39 is 0 Å². The molecule has 0 radical (unpaired) electrons. The van der Waals surface area contributed by atoms with Crippen molar-refractivity contribution < 1.29 is 19.4 Å². The molecular weight excluding hydrogens is 510 g/mol. The van der Waals surface area contributed by atoms with Crippen LogP contribution in [0.2, 0.25) is 0 Å². The minimum atomic E-state index is -0.292. The van der Waals surface area contributed by atoms with Crippen LogP contribution in [0.15, 0.2) is 41.5 Å².